The summed E-state index contributed by atoms with van der Waals surface area (Å²) < 4.78 is 0. The van der Waals surface area contributed by atoms with Crippen LogP contribution in [0, 0.1) is 22.3 Å². The monoisotopic (exact) mass is 350 g/mol. The third-order valence-electron chi connectivity index (χ3n) is 5.80. The summed E-state index contributed by atoms with van der Waals surface area (Å²) in [5.74, 6) is 0.656. The average Bonchev–Trinajstić information content (AvgIpc) is 2.60. The number of carboxylic acids is 1. The Balaban J connectivity index is 3.60. The Morgan fingerprint density at radius 1 is 1.04 bits per heavy atom. The van der Waals surface area contributed by atoms with Crippen LogP contribution in [0.15, 0.2) is 0 Å². The maximum atomic E-state index is 12.7. The molecule has 1 atom stereocenters. The highest BCUT2D eigenvalue weighted by atomic mass is 28.3. The van der Waals surface area contributed by atoms with Crippen molar-refractivity contribution in [2.24, 2.45) is 10.8 Å². The molecule has 1 aliphatic carbocycles. The fourth-order valence-electron chi connectivity index (χ4n) is 4.18. The van der Waals surface area contributed by atoms with E-state index in [4.69, 9.17) is 0 Å². The van der Waals surface area contributed by atoms with E-state index >= 15 is 0 Å². The molecule has 0 saturated heterocycles. The zero-order valence-corrected chi connectivity index (χ0v) is 17.1. The minimum absolute atomic E-state index is 0.320. The molecule has 0 radical (unpaired) electrons. The fraction of sp³-hybridized carbons (Fsp3) is 0.737. The standard InChI is InChI=1S/C19H30O4Si/c1-12(2)24(13(3)4,14(5)6)10-9-19(17(22)23)11-15(20)18(7,8)16(19)21/h12-14H,11H2,1-8H3,(H,22,23). The minimum atomic E-state index is -2.17. The number of carboxylic acid groups (broad SMARTS) is 1. The third kappa shape index (κ3) is 2.86. The predicted octanol–water partition coefficient (Wildman–Crippen LogP) is 3.85. The first-order valence-electron chi connectivity index (χ1n) is 8.62. The highest BCUT2D eigenvalue weighted by Gasteiger charge is 2.61. The molecule has 0 heterocycles. The van der Waals surface area contributed by atoms with Crippen molar-refractivity contribution >= 4 is 25.6 Å². The summed E-state index contributed by atoms with van der Waals surface area (Å²) >= 11 is 0. The summed E-state index contributed by atoms with van der Waals surface area (Å²) in [7, 11) is -2.17. The molecule has 1 saturated carbocycles. The number of aliphatic carboxylic acids is 1. The van der Waals surface area contributed by atoms with Gasteiger partial charge in [-0.15, -0.1) is 5.54 Å². The Hall–Kier alpha value is -1.41. The second kappa shape index (κ2) is 6.48. The normalized spacial score (nSPS) is 23.8. The second-order valence-corrected chi connectivity index (χ2v) is 14.0. The Morgan fingerprint density at radius 3 is 1.71 bits per heavy atom. The summed E-state index contributed by atoms with van der Waals surface area (Å²) in [4.78, 5) is 36.9. The van der Waals surface area contributed by atoms with Gasteiger partial charge in [0.1, 0.15) is 13.9 Å². The van der Waals surface area contributed by atoms with E-state index in [1.54, 1.807) is 0 Å². The van der Waals surface area contributed by atoms with Crippen LogP contribution in [0.4, 0.5) is 0 Å². The van der Waals surface area contributed by atoms with Crippen LogP contribution in [0.5, 0.6) is 0 Å². The largest absolute Gasteiger partial charge is 0.480 e. The third-order valence-corrected chi connectivity index (χ3v) is 12.1. The highest BCUT2D eigenvalue weighted by molar-refractivity contribution is 6.90. The molecule has 24 heavy (non-hydrogen) atoms. The molecule has 0 aliphatic heterocycles. The number of carbonyl (C=O) groups is 3. The van der Waals surface area contributed by atoms with Crippen molar-refractivity contribution in [2.45, 2.75) is 78.4 Å². The molecule has 0 aromatic heterocycles. The lowest BCUT2D eigenvalue weighted by Crippen LogP contribution is -2.45. The van der Waals surface area contributed by atoms with Gasteiger partial charge in [0, 0.05) is 6.42 Å². The Kier molecular flexibility index (Phi) is 5.57. The van der Waals surface area contributed by atoms with Gasteiger partial charge in [0.25, 0.3) is 0 Å². The molecule has 1 rings (SSSR count). The van der Waals surface area contributed by atoms with Crippen LogP contribution in [0.1, 0.15) is 61.8 Å². The van der Waals surface area contributed by atoms with Crippen LogP contribution in [-0.4, -0.2) is 30.7 Å². The molecule has 0 aromatic rings. The molecule has 1 N–H and O–H groups in total. The summed E-state index contributed by atoms with van der Waals surface area (Å²) in [5.41, 5.74) is 1.16. The first-order chi connectivity index (χ1) is 10.8. The number of rotatable bonds is 4. The summed E-state index contributed by atoms with van der Waals surface area (Å²) in [5, 5.41) is 9.74. The van der Waals surface area contributed by atoms with Crippen LogP contribution in [0.3, 0.4) is 0 Å². The topological polar surface area (TPSA) is 71.4 Å². The van der Waals surface area contributed by atoms with Gasteiger partial charge in [-0.05, 0) is 30.5 Å². The number of ketones is 2. The van der Waals surface area contributed by atoms with Gasteiger partial charge in [-0.2, -0.15) is 0 Å². The fourth-order valence-corrected chi connectivity index (χ4v) is 9.47. The lowest BCUT2D eigenvalue weighted by Gasteiger charge is -2.38. The van der Waals surface area contributed by atoms with Crippen molar-refractivity contribution in [2.75, 3.05) is 0 Å². The average molecular weight is 351 g/mol. The van der Waals surface area contributed by atoms with E-state index in [0.29, 0.717) is 16.6 Å². The molecule has 0 spiro atoms. The van der Waals surface area contributed by atoms with Crippen LogP contribution < -0.4 is 0 Å². The summed E-state index contributed by atoms with van der Waals surface area (Å²) in [6, 6.07) is 0. The van der Waals surface area contributed by atoms with Crippen molar-refractivity contribution in [3.63, 3.8) is 0 Å². The molecule has 5 heteroatoms. The van der Waals surface area contributed by atoms with Crippen LogP contribution in [0.25, 0.3) is 0 Å². The molecule has 1 fully saturated rings. The molecule has 4 nitrogen and oxygen atoms in total. The van der Waals surface area contributed by atoms with Gasteiger partial charge in [0.2, 0.25) is 0 Å². The Labute approximate surface area is 146 Å². The Morgan fingerprint density at radius 2 is 1.46 bits per heavy atom. The van der Waals surface area contributed by atoms with Gasteiger partial charge in [-0.1, -0.05) is 47.5 Å². The Bertz CT molecular complexity index is 597. The number of hydrogen-bond donors (Lipinski definition) is 1. The molecule has 134 valence electrons. The molecule has 0 aromatic carbocycles. The molecule has 0 amide bonds. The van der Waals surface area contributed by atoms with Crippen molar-refractivity contribution in [1.29, 1.82) is 0 Å². The second-order valence-electron chi connectivity index (χ2n) is 8.41. The van der Waals surface area contributed by atoms with E-state index in [1.807, 2.05) is 0 Å². The highest BCUT2D eigenvalue weighted by Crippen LogP contribution is 2.45. The SMILES string of the molecule is CC(C)[Si](C#CC1(C(=O)O)CC(=O)C(C)(C)C1=O)(C(C)C)C(C)C. The van der Waals surface area contributed by atoms with E-state index in [-0.39, 0.29) is 12.2 Å². The maximum absolute atomic E-state index is 12.7. The van der Waals surface area contributed by atoms with Gasteiger partial charge >= 0.3 is 5.97 Å². The quantitative estimate of drug-likeness (QED) is 0.475. The van der Waals surface area contributed by atoms with Crippen LogP contribution >= 0.6 is 0 Å². The molecule has 0 bridgehead atoms. The van der Waals surface area contributed by atoms with E-state index in [1.165, 1.54) is 13.8 Å². The first kappa shape index (κ1) is 20.6. The number of hydrogen-bond acceptors (Lipinski definition) is 3. The van der Waals surface area contributed by atoms with Crippen LogP contribution in [0.2, 0.25) is 16.6 Å². The van der Waals surface area contributed by atoms with Gasteiger partial charge in [0.05, 0.1) is 5.41 Å². The number of carbonyl (C=O) groups excluding carboxylic acids is 2. The van der Waals surface area contributed by atoms with E-state index in [9.17, 15) is 19.5 Å². The van der Waals surface area contributed by atoms with Crippen molar-refractivity contribution in [3.8, 4) is 11.5 Å². The first-order valence-corrected chi connectivity index (χ1v) is 10.9. The zero-order valence-electron chi connectivity index (χ0n) is 16.1. The molecule has 1 unspecified atom stereocenters. The maximum Gasteiger partial charge on any atom is 0.330 e. The van der Waals surface area contributed by atoms with Crippen molar-refractivity contribution in [3.05, 3.63) is 0 Å². The van der Waals surface area contributed by atoms with Gasteiger partial charge in [0.15, 0.2) is 11.2 Å². The van der Waals surface area contributed by atoms with Gasteiger partial charge < -0.3 is 5.11 Å². The van der Waals surface area contributed by atoms with E-state index in [2.05, 4.69) is 53.0 Å². The minimum Gasteiger partial charge on any atom is -0.480 e. The zero-order chi connectivity index (χ0) is 19.1. The van der Waals surface area contributed by atoms with Gasteiger partial charge in [-0.3, -0.25) is 14.4 Å². The smallest absolute Gasteiger partial charge is 0.330 e. The molecular weight excluding hydrogens is 320 g/mol. The molecular formula is C19H30O4Si. The van der Waals surface area contributed by atoms with Crippen molar-refractivity contribution < 1.29 is 19.5 Å². The summed E-state index contributed by atoms with van der Waals surface area (Å²) in [6.45, 7) is 15.8. The lowest BCUT2D eigenvalue weighted by atomic mass is 9.80. The van der Waals surface area contributed by atoms with Crippen molar-refractivity contribution in [1.82, 2.24) is 0 Å². The van der Waals surface area contributed by atoms with E-state index in [0.717, 1.165) is 0 Å². The van der Waals surface area contributed by atoms with E-state index < -0.39 is 30.7 Å². The van der Waals surface area contributed by atoms with Gasteiger partial charge in [-0.25, -0.2) is 0 Å². The summed E-state index contributed by atoms with van der Waals surface area (Å²) in [6.07, 6.45) is -0.320. The van der Waals surface area contributed by atoms with Crippen LogP contribution in [-0.2, 0) is 14.4 Å². The molecule has 1 aliphatic rings. The lowest BCUT2D eigenvalue weighted by molar-refractivity contribution is -0.150. The predicted molar refractivity (Wildman–Crippen MR) is 97.3 cm³/mol. The number of Topliss-reactive ketones (excluding diaryl/α,β-unsaturated/α-hetero) is 2.